The van der Waals surface area contributed by atoms with Gasteiger partial charge in [0, 0.05) is 0 Å². The Balaban J connectivity index is 2.40. The van der Waals surface area contributed by atoms with E-state index in [1.807, 2.05) is 0 Å². The third-order valence-electron chi connectivity index (χ3n) is 2.44. The molecule has 0 N–H and O–H groups in total. The zero-order valence-corrected chi connectivity index (χ0v) is 8.10. The van der Waals surface area contributed by atoms with Crippen LogP contribution in [-0.2, 0) is 0 Å². The number of benzene rings is 1. The van der Waals surface area contributed by atoms with Crippen LogP contribution in [0.15, 0.2) is 35.3 Å². The van der Waals surface area contributed by atoms with E-state index in [2.05, 4.69) is 4.99 Å². The van der Waals surface area contributed by atoms with Crippen LogP contribution in [0.1, 0.15) is 5.56 Å². The number of hydrogen-bond acceptors (Lipinski definition) is 1. The lowest BCUT2D eigenvalue weighted by molar-refractivity contribution is -0.258. The molecule has 1 aromatic carbocycles. The molecule has 0 aliphatic carbocycles. The predicted octanol–water partition coefficient (Wildman–Crippen LogP) is 3.35. The maximum Gasteiger partial charge on any atom is 0.428 e. The van der Waals surface area contributed by atoms with Crippen LogP contribution >= 0.6 is 0 Å². The lowest BCUT2D eigenvalue weighted by Gasteiger charge is -2.21. The van der Waals surface area contributed by atoms with Crippen molar-refractivity contribution in [3.63, 3.8) is 0 Å². The van der Waals surface area contributed by atoms with Gasteiger partial charge in [-0.25, -0.2) is 0 Å². The summed E-state index contributed by atoms with van der Waals surface area (Å²) >= 11 is 0. The van der Waals surface area contributed by atoms with E-state index in [9.17, 15) is 26.3 Å². The van der Waals surface area contributed by atoms with Gasteiger partial charge in [0.05, 0.1) is 5.71 Å². The lowest BCUT2D eigenvalue weighted by atomic mass is 9.97. The number of alkyl halides is 6. The molecule has 2 rings (SSSR count). The molecule has 0 saturated carbocycles. The van der Waals surface area contributed by atoms with E-state index in [0.29, 0.717) is 0 Å². The Hall–Kier alpha value is -1.53. The summed E-state index contributed by atoms with van der Waals surface area (Å²) in [5, 5.41) is 0. The zero-order valence-electron chi connectivity index (χ0n) is 8.10. The molecule has 0 unspecified atom stereocenters. The molecule has 1 nitrogen and oxygen atoms in total. The van der Waals surface area contributed by atoms with E-state index in [4.69, 9.17) is 0 Å². The average Bonchev–Trinajstić information content (AvgIpc) is 2.93. The van der Waals surface area contributed by atoms with Crippen LogP contribution in [0, 0.1) is 0 Å². The summed E-state index contributed by atoms with van der Waals surface area (Å²) in [6, 6.07) is 6.53. The monoisotopic (exact) mass is 253 g/mol. The van der Waals surface area contributed by atoms with E-state index < -0.39 is 23.6 Å². The molecule has 1 heterocycles. The highest BCUT2D eigenvalue weighted by atomic mass is 19.4. The molecular formula is C10H5F6N. The van der Waals surface area contributed by atoms with Gasteiger partial charge in [-0.3, -0.25) is 4.99 Å². The normalized spacial score (nSPS) is 18.8. The molecule has 0 saturated heterocycles. The van der Waals surface area contributed by atoms with Crippen LogP contribution in [0.25, 0.3) is 0 Å². The number of nitrogens with zero attached hydrogens (tertiary/aromatic N) is 1. The Morgan fingerprint density at radius 3 is 1.65 bits per heavy atom. The minimum absolute atomic E-state index is 0.165. The number of hydrogen-bond donors (Lipinski definition) is 0. The molecule has 1 aromatic rings. The van der Waals surface area contributed by atoms with Gasteiger partial charge in [-0.1, -0.05) is 30.3 Å². The van der Waals surface area contributed by atoms with E-state index >= 15 is 0 Å². The third-order valence-corrected chi connectivity index (χ3v) is 2.44. The zero-order chi connectivity index (χ0) is 12.9. The molecule has 0 spiro atoms. The highest BCUT2D eigenvalue weighted by Gasteiger charge is 2.81. The summed E-state index contributed by atoms with van der Waals surface area (Å²) in [5.74, 6) is 0. The minimum atomic E-state index is -5.46. The van der Waals surface area contributed by atoms with Crippen molar-refractivity contribution >= 4 is 5.71 Å². The standard InChI is InChI=1S/C10H5F6N/c11-9(12,13)8(10(14,15)16)7(17-8)6-4-2-1-3-5-6/h1-5H. The molecule has 92 valence electrons. The topological polar surface area (TPSA) is 12.4 Å². The highest BCUT2D eigenvalue weighted by molar-refractivity contribution is 6.18. The minimum Gasteiger partial charge on any atom is -0.255 e. The Labute approximate surface area is 91.8 Å². The second kappa shape index (κ2) is 3.24. The molecule has 17 heavy (non-hydrogen) atoms. The van der Waals surface area contributed by atoms with E-state index in [0.717, 1.165) is 12.1 Å². The predicted molar refractivity (Wildman–Crippen MR) is 47.8 cm³/mol. The van der Waals surface area contributed by atoms with Crippen molar-refractivity contribution in [2.75, 3.05) is 0 Å². The van der Waals surface area contributed by atoms with Crippen molar-refractivity contribution in [2.45, 2.75) is 17.9 Å². The molecule has 1 aliphatic heterocycles. The smallest absolute Gasteiger partial charge is 0.255 e. The summed E-state index contributed by atoms with van der Waals surface area (Å²) in [7, 11) is 0. The number of aliphatic imine (C=N–C) groups is 1. The Bertz CT molecular complexity index is 442. The number of halogens is 6. The fourth-order valence-corrected chi connectivity index (χ4v) is 1.57. The molecule has 0 bridgehead atoms. The van der Waals surface area contributed by atoms with Crippen molar-refractivity contribution in [3.05, 3.63) is 35.9 Å². The van der Waals surface area contributed by atoms with Crippen LogP contribution in [0.3, 0.4) is 0 Å². The van der Waals surface area contributed by atoms with Crippen molar-refractivity contribution < 1.29 is 26.3 Å². The Morgan fingerprint density at radius 1 is 0.824 bits per heavy atom. The van der Waals surface area contributed by atoms with Gasteiger partial charge in [-0.05, 0) is 5.56 Å². The van der Waals surface area contributed by atoms with Gasteiger partial charge in [0.1, 0.15) is 0 Å². The van der Waals surface area contributed by atoms with Crippen LogP contribution in [0.5, 0.6) is 0 Å². The summed E-state index contributed by atoms with van der Waals surface area (Å²) in [4.78, 5) is 2.67. The van der Waals surface area contributed by atoms with Crippen LogP contribution in [0.4, 0.5) is 26.3 Å². The first-order valence-corrected chi connectivity index (χ1v) is 4.49. The first-order chi connectivity index (χ1) is 7.70. The maximum atomic E-state index is 12.5. The molecule has 0 amide bonds. The largest absolute Gasteiger partial charge is 0.428 e. The van der Waals surface area contributed by atoms with Crippen LogP contribution in [0.2, 0.25) is 0 Å². The molecule has 0 fully saturated rings. The fraction of sp³-hybridized carbons (Fsp3) is 0.300. The maximum absolute atomic E-state index is 12.5. The fourth-order valence-electron chi connectivity index (χ4n) is 1.57. The van der Waals surface area contributed by atoms with Gasteiger partial charge in [0.2, 0.25) is 0 Å². The van der Waals surface area contributed by atoms with Crippen LogP contribution in [-0.4, -0.2) is 23.6 Å². The Morgan fingerprint density at radius 2 is 1.29 bits per heavy atom. The second-order valence-electron chi connectivity index (χ2n) is 3.53. The summed E-state index contributed by atoms with van der Waals surface area (Å²) < 4.78 is 75.0. The van der Waals surface area contributed by atoms with E-state index in [1.165, 1.54) is 18.2 Å². The second-order valence-corrected chi connectivity index (χ2v) is 3.53. The molecule has 1 aliphatic rings. The molecule has 0 aromatic heterocycles. The molecule has 7 heteroatoms. The summed E-state index contributed by atoms with van der Waals surface area (Å²) in [6.45, 7) is 0. The quantitative estimate of drug-likeness (QED) is 0.680. The van der Waals surface area contributed by atoms with Gasteiger partial charge < -0.3 is 0 Å². The molecule has 0 radical (unpaired) electrons. The highest BCUT2D eigenvalue weighted by Crippen LogP contribution is 2.55. The van der Waals surface area contributed by atoms with Crippen LogP contribution < -0.4 is 0 Å². The van der Waals surface area contributed by atoms with Crippen molar-refractivity contribution in [1.82, 2.24) is 0 Å². The third kappa shape index (κ3) is 1.60. The molecular weight excluding hydrogens is 248 g/mol. The Kier molecular flexibility index (Phi) is 2.28. The number of rotatable bonds is 1. The van der Waals surface area contributed by atoms with Crippen molar-refractivity contribution in [1.29, 1.82) is 0 Å². The van der Waals surface area contributed by atoms with Crippen molar-refractivity contribution in [2.24, 2.45) is 4.99 Å². The molecule has 0 atom stereocenters. The van der Waals surface area contributed by atoms with Gasteiger partial charge in [-0.15, -0.1) is 0 Å². The first-order valence-electron chi connectivity index (χ1n) is 4.49. The van der Waals surface area contributed by atoms with Gasteiger partial charge in [0.25, 0.3) is 5.54 Å². The van der Waals surface area contributed by atoms with Gasteiger partial charge >= 0.3 is 12.4 Å². The van der Waals surface area contributed by atoms with Gasteiger partial charge in [-0.2, -0.15) is 26.3 Å². The van der Waals surface area contributed by atoms with E-state index in [1.54, 1.807) is 0 Å². The van der Waals surface area contributed by atoms with E-state index in [-0.39, 0.29) is 5.56 Å². The summed E-state index contributed by atoms with van der Waals surface area (Å²) in [6.07, 6.45) is -10.9. The van der Waals surface area contributed by atoms with Crippen molar-refractivity contribution in [3.8, 4) is 0 Å². The summed E-state index contributed by atoms with van der Waals surface area (Å²) in [5.41, 5.74) is -5.15. The SMILES string of the molecule is FC(F)(F)C1(C(F)(F)F)N=C1c1ccccc1. The first kappa shape index (κ1) is 11.9. The average molecular weight is 253 g/mol. The lowest BCUT2D eigenvalue weighted by Crippen LogP contribution is -2.50. The van der Waals surface area contributed by atoms with Gasteiger partial charge in [0.15, 0.2) is 0 Å².